The number of rotatable bonds is 2. The molecule has 1 heterocycles. The first kappa shape index (κ1) is 11.5. The zero-order chi connectivity index (χ0) is 10.9. The third-order valence-electron chi connectivity index (χ3n) is 1.42. The molecule has 0 aliphatic carbocycles. The number of primary sulfonamides is 1. The van der Waals surface area contributed by atoms with Crippen molar-refractivity contribution in [2.45, 2.75) is 11.3 Å². The number of nitrogens with two attached hydrogens (primary N) is 1. The Balaban J connectivity index is 3.43. The van der Waals surface area contributed by atoms with E-state index in [2.05, 4.69) is 20.9 Å². The Labute approximate surface area is 87.3 Å². The van der Waals surface area contributed by atoms with Crippen LogP contribution in [0.1, 0.15) is 12.0 Å². The number of alkyl halides is 2. The summed E-state index contributed by atoms with van der Waals surface area (Å²) in [5.41, 5.74) is -0.503. The van der Waals surface area contributed by atoms with Crippen LogP contribution in [0.15, 0.2) is 21.8 Å². The predicted octanol–water partition coefficient (Wildman–Crippen LogP) is 1.43. The summed E-state index contributed by atoms with van der Waals surface area (Å²) in [6.45, 7) is 0. The van der Waals surface area contributed by atoms with Gasteiger partial charge in [-0.3, -0.25) is 4.98 Å². The topological polar surface area (TPSA) is 73.1 Å². The van der Waals surface area contributed by atoms with Crippen LogP contribution in [-0.4, -0.2) is 13.4 Å². The van der Waals surface area contributed by atoms with Crippen molar-refractivity contribution < 1.29 is 17.2 Å². The van der Waals surface area contributed by atoms with E-state index < -0.39 is 26.9 Å². The Morgan fingerprint density at radius 2 is 2.00 bits per heavy atom. The maximum absolute atomic E-state index is 12.3. The smallest absolute Gasteiger partial charge is 0.263 e. The van der Waals surface area contributed by atoms with Crippen molar-refractivity contribution in [3.05, 3.63) is 22.4 Å². The molecule has 0 radical (unpaired) electrons. The number of halogens is 3. The molecule has 0 amide bonds. The van der Waals surface area contributed by atoms with Gasteiger partial charge in [0.05, 0.1) is 5.56 Å². The zero-order valence-electron chi connectivity index (χ0n) is 6.62. The highest BCUT2D eigenvalue weighted by atomic mass is 79.9. The lowest BCUT2D eigenvalue weighted by Gasteiger charge is -2.05. The van der Waals surface area contributed by atoms with Gasteiger partial charge in [0.1, 0.15) is 4.90 Å². The van der Waals surface area contributed by atoms with Crippen molar-refractivity contribution in [2.75, 3.05) is 0 Å². The highest BCUT2D eigenvalue weighted by Gasteiger charge is 2.20. The van der Waals surface area contributed by atoms with Crippen molar-refractivity contribution in [3.63, 3.8) is 0 Å². The minimum absolute atomic E-state index is 0.245. The average Bonchev–Trinajstić information content (AvgIpc) is 2.01. The first-order valence-corrected chi connectivity index (χ1v) is 5.62. The molecule has 8 heteroatoms. The van der Waals surface area contributed by atoms with E-state index in [0.717, 1.165) is 12.4 Å². The molecule has 0 unspecified atom stereocenters. The molecule has 0 atom stereocenters. The first-order chi connectivity index (χ1) is 6.34. The molecule has 14 heavy (non-hydrogen) atoms. The molecule has 0 aliphatic heterocycles. The maximum Gasteiger partial charge on any atom is 0.266 e. The molecular formula is C6H5BrF2N2O2S. The minimum atomic E-state index is -4.03. The molecule has 0 fully saturated rings. The van der Waals surface area contributed by atoms with Gasteiger partial charge < -0.3 is 0 Å². The predicted molar refractivity (Wildman–Crippen MR) is 48.3 cm³/mol. The number of hydrogen-bond acceptors (Lipinski definition) is 3. The van der Waals surface area contributed by atoms with Crippen LogP contribution in [0.3, 0.4) is 0 Å². The van der Waals surface area contributed by atoms with Crippen molar-refractivity contribution in [1.82, 2.24) is 4.98 Å². The fourth-order valence-electron chi connectivity index (χ4n) is 0.791. The monoisotopic (exact) mass is 286 g/mol. The molecule has 1 aromatic heterocycles. The summed E-state index contributed by atoms with van der Waals surface area (Å²) in [5.74, 6) is 0. The number of sulfonamides is 1. The van der Waals surface area contributed by atoms with E-state index in [1.165, 1.54) is 0 Å². The number of pyridine rings is 1. The summed E-state index contributed by atoms with van der Waals surface area (Å²) in [6.07, 6.45) is -1.02. The van der Waals surface area contributed by atoms with Gasteiger partial charge in [-0.2, -0.15) is 0 Å². The fourth-order valence-corrected chi connectivity index (χ4v) is 2.42. The Kier molecular flexibility index (Phi) is 3.17. The number of nitrogens with zero attached hydrogens (tertiary/aromatic N) is 1. The normalized spacial score (nSPS) is 12.1. The minimum Gasteiger partial charge on any atom is -0.263 e. The lowest BCUT2D eigenvalue weighted by atomic mass is 10.3. The largest absolute Gasteiger partial charge is 0.266 e. The second-order valence-corrected chi connectivity index (χ2v) is 4.71. The Morgan fingerprint density at radius 3 is 2.43 bits per heavy atom. The average molecular weight is 287 g/mol. The van der Waals surface area contributed by atoms with Crippen LogP contribution in [0.25, 0.3) is 0 Å². The third-order valence-corrected chi connectivity index (χ3v) is 3.49. The molecule has 1 rings (SSSR count). The van der Waals surface area contributed by atoms with Crippen molar-refractivity contribution >= 4 is 26.0 Å². The fraction of sp³-hybridized carbons (Fsp3) is 0.167. The van der Waals surface area contributed by atoms with E-state index >= 15 is 0 Å². The SMILES string of the molecule is NS(=O)(=O)c1cncc(C(F)F)c1Br. The van der Waals surface area contributed by atoms with E-state index in [-0.39, 0.29) is 4.47 Å². The van der Waals surface area contributed by atoms with Crippen LogP contribution >= 0.6 is 15.9 Å². The molecule has 1 aromatic rings. The third kappa shape index (κ3) is 2.25. The lowest BCUT2D eigenvalue weighted by Crippen LogP contribution is -2.14. The number of hydrogen-bond donors (Lipinski definition) is 1. The van der Waals surface area contributed by atoms with Crippen LogP contribution in [0.4, 0.5) is 8.78 Å². The Morgan fingerprint density at radius 1 is 1.43 bits per heavy atom. The number of aromatic nitrogens is 1. The van der Waals surface area contributed by atoms with Gasteiger partial charge >= 0.3 is 0 Å². The van der Waals surface area contributed by atoms with Gasteiger partial charge in [-0.1, -0.05) is 0 Å². The van der Waals surface area contributed by atoms with Gasteiger partial charge in [0.2, 0.25) is 10.0 Å². The van der Waals surface area contributed by atoms with E-state index in [1.54, 1.807) is 0 Å². The van der Waals surface area contributed by atoms with Gasteiger partial charge in [-0.15, -0.1) is 0 Å². The van der Waals surface area contributed by atoms with Gasteiger partial charge in [-0.25, -0.2) is 22.3 Å². The van der Waals surface area contributed by atoms with E-state index in [4.69, 9.17) is 5.14 Å². The summed E-state index contributed by atoms with van der Waals surface area (Å²) in [7, 11) is -4.03. The zero-order valence-corrected chi connectivity index (χ0v) is 9.02. The van der Waals surface area contributed by atoms with Gasteiger partial charge in [0, 0.05) is 16.9 Å². The molecule has 0 saturated carbocycles. The molecule has 0 saturated heterocycles. The van der Waals surface area contributed by atoms with Crippen molar-refractivity contribution in [3.8, 4) is 0 Å². The van der Waals surface area contributed by atoms with Gasteiger partial charge in [-0.05, 0) is 15.9 Å². The van der Waals surface area contributed by atoms with Gasteiger partial charge in [0.15, 0.2) is 0 Å². The highest BCUT2D eigenvalue weighted by molar-refractivity contribution is 9.10. The molecule has 0 aromatic carbocycles. The summed E-state index contributed by atoms with van der Waals surface area (Å²) in [6, 6.07) is 0. The summed E-state index contributed by atoms with van der Waals surface area (Å²) in [4.78, 5) is 2.92. The molecule has 0 spiro atoms. The van der Waals surface area contributed by atoms with Crippen molar-refractivity contribution in [2.24, 2.45) is 5.14 Å². The second kappa shape index (κ2) is 3.87. The standard InChI is InChI=1S/C6H5BrF2N2O2S/c7-5-3(6(8)9)1-11-2-4(5)14(10,12)13/h1-2,6H,(H2,10,12,13). The molecule has 0 aliphatic rings. The van der Waals surface area contributed by atoms with Crippen molar-refractivity contribution in [1.29, 1.82) is 0 Å². The molecule has 78 valence electrons. The molecule has 2 N–H and O–H groups in total. The van der Waals surface area contributed by atoms with E-state index in [0.29, 0.717) is 0 Å². The van der Waals surface area contributed by atoms with E-state index in [1.807, 2.05) is 0 Å². The summed E-state index contributed by atoms with van der Waals surface area (Å²) < 4.78 is 46.1. The maximum atomic E-state index is 12.3. The first-order valence-electron chi connectivity index (χ1n) is 3.28. The molecule has 0 bridgehead atoms. The molecule has 4 nitrogen and oxygen atoms in total. The summed E-state index contributed by atoms with van der Waals surface area (Å²) in [5, 5.41) is 4.78. The van der Waals surface area contributed by atoms with E-state index in [9.17, 15) is 17.2 Å². The Hall–Kier alpha value is -0.600. The Bertz CT molecular complexity index is 449. The second-order valence-electron chi connectivity index (χ2n) is 2.39. The van der Waals surface area contributed by atoms with Gasteiger partial charge in [0.25, 0.3) is 6.43 Å². The van der Waals surface area contributed by atoms with Crippen LogP contribution in [-0.2, 0) is 10.0 Å². The van der Waals surface area contributed by atoms with Crippen LogP contribution < -0.4 is 5.14 Å². The quantitative estimate of drug-likeness (QED) is 0.894. The van der Waals surface area contributed by atoms with Crippen LogP contribution in [0, 0.1) is 0 Å². The lowest BCUT2D eigenvalue weighted by molar-refractivity contribution is 0.149. The molecular weight excluding hydrogens is 282 g/mol. The van der Waals surface area contributed by atoms with Crippen LogP contribution in [0.5, 0.6) is 0 Å². The van der Waals surface area contributed by atoms with Crippen LogP contribution in [0.2, 0.25) is 0 Å². The highest BCUT2D eigenvalue weighted by Crippen LogP contribution is 2.30. The summed E-state index contributed by atoms with van der Waals surface area (Å²) >= 11 is 2.74.